The average Bonchev–Trinajstić information content (AvgIpc) is 2.28. The van der Waals surface area contributed by atoms with Crippen LogP contribution in [0.1, 0.15) is 46.5 Å². The van der Waals surface area contributed by atoms with Crippen LogP contribution in [0.5, 0.6) is 0 Å². The summed E-state index contributed by atoms with van der Waals surface area (Å²) in [5.41, 5.74) is 0. The molecule has 1 aliphatic heterocycles. The Kier molecular flexibility index (Phi) is 6.26. The summed E-state index contributed by atoms with van der Waals surface area (Å²) in [6.07, 6.45) is 5.28. The standard InChI is InChI=1S/C13H28N2/c1-4-8-15-9-6-13(7-10-15)14-11-12(3)5-2/h12-14H,4-11H2,1-3H3. The molecule has 2 heteroatoms. The number of rotatable bonds is 6. The van der Waals surface area contributed by atoms with Gasteiger partial charge in [-0.25, -0.2) is 0 Å². The predicted octanol–water partition coefficient (Wildman–Crippen LogP) is 2.50. The second-order valence-corrected chi connectivity index (χ2v) is 5.04. The lowest BCUT2D eigenvalue weighted by Crippen LogP contribution is -2.43. The van der Waals surface area contributed by atoms with Gasteiger partial charge in [-0.2, -0.15) is 0 Å². The smallest absolute Gasteiger partial charge is 0.00915 e. The zero-order valence-corrected chi connectivity index (χ0v) is 10.8. The highest BCUT2D eigenvalue weighted by Gasteiger charge is 2.17. The Morgan fingerprint density at radius 1 is 1.27 bits per heavy atom. The topological polar surface area (TPSA) is 15.3 Å². The first kappa shape index (κ1) is 13.0. The van der Waals surface area contributed by atoms with E-state index in [2.05, 4.69) is 31.0 Å². The van der Waals surface area contributed by atoms with E-state index in [0.29, 0.717) is 0 Å². The summed E-state index contributed by atoms with van der Waals surface area (Å²) in [5.74, 6) is 0.832. The molecule has 0 radical (unpaired) electrons. The van der Waals surface area contributed by atoms with Gasteiger partial charge >= 0.3 is 0 Å². The van der Waals surface area contributed by atoms with E-state index in [0.717, 1.165) is 12.0 Å². The van der Waals surface area contributed by atoms with Crippen molar-refractivity contribution in [2.24, 2.45) is 5.92 Å². The maximum atomic E-state index is 3.71. The van der Waals surface area contributed by atoms with Crippen molar-refractivity contribution in [1.29, 1.82) is 0 Å². The molecule has 0 aromatic rings. The van der Waals surface area contributed by atoms with Crippen molar-refractivity contribution in [3.05, 3.63) is 0 Å². The van der Waals surface area contributed by atoms with Crippen LogP contribution in [0.4, 0.5) is 0 Å². The van der Waals surface area contributed by atoms with Gasteiger partial charge in [0.05, 0.1) is 0 Å². The quantitative estimate of drug-likeness (QED) is 0.728. The van der Waals surface area contributed by atoms with Gasteiger partial charge in [-0.15, -0.1) is 0 Å². The largest absolute Gasteiger partial charge is 0.314 e. The Morgan fingerprint density at radius 3 is 2.47 bits per heavy atom. The van der Waals surface area contributed by atoms with E-state index in [1.165, 1.54) is 51.9 Å². The van der Waals surface area contributed by atoms with Gasteiger partial charge in [0.1, 0.15) is 0 Å². The van der Waals surface area contributed by atoms with Crippen molar-refractivity contribution in [2.75, 3.05) is 26.2 Å². The summed E-state index contributed by atoms with van der Waals surface area (Å²) in [7, 11) is 0. The van der Waals surface area contributed by atoms with E-state index < -0.39 is 0 Å². The van der Waals surface area contributed by atoms with Crippen LogP contribution in [0, 0.1) is 5.92 Å². The fraction of sp³-hybridized carbons (Fsp3) is 1.00. The van der Waals surface area contributed by atoms with Gasteiger partial charge in [0.2, 0.25) is 0 Å². The van der Waals surface area contributed by atoms with Crippen molar-refractivity contribution >= 4 is 0 Å². The second kappa shape index (κ2) is 7.24. The molecule has 0 aliphatic carbocycles. The normalized spacial score (nSPS) is 21.8. The summed E-state index contributed by atoms with van der Waals surface area (Å²) < 4.78 is 0. The molecule has 90 valence electrons. The number of hydrogen-bond donors (Lipinski definition) is 1. The first-order valence-electron chi connectivity index (χ1n) is 6.72. The fourth-order valence-corrected chi connectivity index (χ4v) is 2.19. The molecule has 0 aromatic carbocycles. The molecule has 0 spiro atoms. The molecule has 1 saturated heterocycles. The lowest BCUT2D eigenvalue weighted by molar-refractivity contribution is 0.195. The van der Waals surface area contributed by atoms with Gasteiger partial charge in [0.25, 0.3) is 0 Å². The molecule has 1 fully saturated rings. The molecule has 1 N–H and O–H groups in total. The third-order valence-electron chi connectivity index (χ3n) is 3.58. The molecule has 0 aromatic heterocycles. The van der Waals surface area contributed by atoms with Gasteiger partial charge in [0, 0.05) is 6.04 Å². The SMILES string of the molecule is CCCN1CCC(NCC(C)CC)CC1. The second-order valence-electron chi connectivity index (χ2n) is 5.04. The molecule has 15 heavy (non-hydrogen) atoms. The zero-order chi connectivity index (χ0) is 11.1. The molecule has 2 nitrogen and oxygen atoms in total. The molecule has 0 amide bonds. The van der Waals surface area contributed by atoms with Crippen molar-refractivity contribution in [1.82, 2.24) is 10.2 Å². The maximum absolute atomic E-state index is 3.71. The molecule has 0 bridgehead atoms. The van der Waals surface area contributed by atoms with Crippen LogP contribution < -0.4 is 5.32 Å². The third-order valence-corrected chi connectivity index (χ3v) is 3.58. The van der Waals surface area contributed by atoms with Crippen molar-refractivity contribution in [2.45, 2.75) is 52.5 Å². The lowest BCUT2D eigenvalue weighted by atomic mass is 10.0. The van der Waals surface area contributed by atoms with E-state index >= 15 is 0 Å². The van der Waals surface area contributed by atoms with E-state index in [1.54, 1.807) is 0 Å². The molecule has 1 unspecified atom stereocenters. The van der Waals surface area contributed by atoms with Gasteiger partial charge < -0.3 is 10.2 Å². The lowest BCUT2D eigenvalue weighted by Gasteiger charge is -2.32. The molecule has 1 aliphatic rings. The molecule has 1 heterocycles. The third kappa shape index (κ3) is 4.98. The summed E-state index contributed by atoms with van der Waals surface area (Å²) in [6, 6.07) is 0.784. The van der Waals surface area contributed by atoms with Crippen LogP contribution in [0.15, 0.2) is 0 Å². The van der Waals surface area contributed by atoms with Crippen LogP contribution >= 0.6 is 0 Å². The minimum Gasteiger partial charge on any atom is -0.314 e. The van der Waals surface area contributed by atoms with E-state index in [9.17, 15) is 0 Å². The first-order chi connectivity index (χ1) is 7.26. The number of piperidine rings is 1. The highest BCUT2D eigenvalue weighted by molar-refractivity contribution is 4.77. The van der Waals surface area contributed by atoms with E-state index in [4.69, 9.17) is 0 Å². The Bertz CT molecular complexity index is 151. The number of nitrogens with one attached hydrogen (secondary N) is 1. The number of likely N-dealkylation sites (tertiary alicyclic amines) is 1. The molecule has 0 saturated carbocycles. The monoisotopic (exact) mass is 212 g/mol. The predicted molar refractivity (Wildman–Crippen MR) is 67.2 cm³/mol. The van der Waals surface area contributed by atoms with E-state index in [-0.39, 0.29) is 0 Å². The molecule has 1 atom stereocenters. The van der Waals surface area contributed by atoms with Crippen LogP contribution in [-0.4, -0.2) is 37.1 Å². The van der Waals surface area contributed by atoms with Gasteiger partial charge in [-0.3, -0.25) is 0 Å². The van der Waals surface area contributed by atoms with Crippen molar-refractivity contribution in [3.8, 4) is 0 Å². The van der Waals surface area contributed by atoms with Crippen molar-refractivity contribution < 1.29 is 0 Å². The summed E-state index contributed by atoms with van der Waals surface area (Å²) in [5, 5.41) is 3.71. The van der Waals surface area contributed by atoms with Crippen molar-refractivity contribution in [3.63, 3.8) is 0 Å². The average molecular weight is 212 g/mol. The van der Waals surface area contributed by atoms with Crippen LogP contribution in [0.3, 0.4) is 0 Å². The van der Waals surface area contributed by atoms with Gasteiger partial charge in [-0.05, 0) is 51.4 Å². The summed E-state index contributed by atoms with van der Waals surface area (Å²) in [6.45, 7) is 12.0. The maximum Gasteiger partial charge on any atom is 0.00915 e. The summed E-state index contributed by atoms with van der Waals surface area (Å²) in [4.78, 5) is 2.60. The minimum atomic E-state index is 0.784. The van der Waals surface area contributed by atoms with Gasteiger partial charge in [-0.1, -0.05) is 27.2 Å². The first-order valence-corrected chi connectivity index (χ1v) is 6.72. The van der Waals surface area contributed by atoms with E-state index in [1.807, 2.05) is 0 Å². The Balaban J connectivity index is 2.09. The molecular weight excluding hydrogens is 184 g/mol. The Hall–Kier alpha value is -0.0800. The molecule has 1 rings (SSSR count). The van der Waals surface area contributed by atoms with Crippen LogP contribution in [-0.2, 0) is 0 Å². The van der Waals surface area contributed by atoms with Crippen LogP contribution in [0.2, 0.25) is 0 Å². The molecular formula is C13H28N2. The van der Waals surface area contributed by atoms with Gasteiger partial charge in [0.15, 0.2) is 0 Å². The Morgan fingerprint density at radius 2 is 1.93 bits per heavy atom. The number of nitrogens with zero attached hydrogens (tertiary/aromatic N) is 1. The fourth-order valence-electron chi connectivity index (χ4n) is 2.19. The zero-order valence-electron chi connectivity index (χ0n) is 10.8. The van der Waals surface area contributed by atoms with Crippen LogP contribution in [0.25, 0.3) is 0 Å². The highest BCUT2D eigenvalue weighted by Crippen LogP contribution is 2.11. The minimum absolute atomic E-state index is 0.784. The Labute approximate surface area is 95.4 Å². The number of hydrogen-bond acceptors (Lipinski definition) is 2. The summed E-state index contributed by atoms with van der Waals surface area (Å²) >= 11 is 0. The highest BCUT2D eigenvalue weighted by atomic mass is 15.1.